The van der Waals surface area contributed by atoms with E-state index in [-0.39, 0.29) is 5.43 Å². The maximum atomic E-state index is 12.5. The van der Waals surface area contributed by atoms with Crippen molar-refractivity contribution in [3.8, 4) is 5.75 Å². The van der Waals surface area contributed by atoms with Crippen LogP contribution in [-0.4, -0.2) is 4.57 Å². The molecule has 24 heavy (non-hydrogen) atoms. The predicted octanol–water partition coefficient (Wildman–Crippen LogP) is 4.27. The van der Waals surface area contributed by atoms with Gasteiger partial charge in [-0.2, -0.15) is 0 Å². The minimum atomic E-state index is -0.00161. The zero-order valence-electron chi connectivity index (χ0n) is 13.4. The van der Waals surface area contributed by atoms with Gasteiger partial charge in [0.2, 0.25) is 5.43 Å². The number of nitrogens with zero attached hydrogens (tertiary/aromatic N) is 1. The number of rotatable bonds is 3. The Kier molecular flexibility index (Phi) is 3.54. The summed E-state index contributed by atoms with van der Waals surface area (Å²) in [6.07, 6.45) is 0. The Balaban J connectivity index is 1.85. The molecular formula is C21H17NO2. The van der Waals surface area contributed by atoms with Gasteiger partial charge in [-0.1, -0.05) is 48.5 Å². The van der Waals surface area contributed by atoms with E-state index in [4.69, 9.17) is 4.74 Å². The van der Waals surface area contributed by atoms with Gasteiger partial charge in [0.15, 0.2) is 0 Å². The average molecular weight is 315 g/mol. The van der Waals surface area contributed by atoms with Crippen LogP contribution in [0, 0.1) is 0 Å². The number of para-hydroxylation sites is 1. The van der Waals surface area contributed by atoms with Crippen LogP contribution in [0.1, 0.15) is 5.56 Å². The second-order valence-corrected chi connectivity index (χ2v) is 5.86. The van der Waals surface area contributed by atoms with Crippen LogP contribution in [-0.2, 0) is 13.7 Å². The summed E-state index contributed by atoms with van der Waals surface area (Å²) in [5.41, 5.74) is 2.84. The smallest absolute Gasteiger partial charge is 0.202 e. The third kappa shape index (κ3) is 2.44. The minimum Gasteiger partial charge on any atom is -0.489 e. The molecule has 3 aromatic carbocycles. The van der Waals surface area contributed by atoms with Crippen LogP contribution >= 0.6 is 0 Å². The first-order valence-corrected chi connectivity index (χ1v) is 7.92. The lowest BCUT2D eigenvalue weighted by Gasteiger charge is -2.04. The number of aryl methyl sites for hydroxylation is 1. The van der Waals surface area contributed by atoms with Crippen molar-refractivity contribution in [2.24, 2.45) is 7.05 Å². The molecule has 0 unspecified atom stereocenters. The van der Waals surface area contributed by atoms with Gasteiger partial charge in [-0.25, -0.2) is 0 Å². The van der Waals surface area contributed by atoms with Crippen molar-refractivity contribution >= 4 is 21.8 Å². The quantitative estimate of drug-likeness (QED) is 0.565. The summed E-state index contributed by atoms with van der Waals surface area (Å²) >= 11 is 0. The van der Waals surface area contributed by atoms with E-state index in [9.17, 15) is 4.79 Å². The molecule has 0 atom stereocenters. The van der Waals surface area contributed by atoms with E-state index in [2.05, 4.69) is 0 Å². The summed E-state index contributed by atoms with van der Waals surface area (Å²) in [6.45, 7) is 0.477. The second kappa shape index (κ2) is 5.85. The van der Waals surface area contributed by atoms with Gasteiger partial charge in [0.05, 0.1) is 5.52 Å². The van der Waals surface area contributed by atoms with E-state index in [1.54, 1.807) is 12.1 Å². The summed E-state index contributed by atoms with van der Waals surface area (Å²) in [6, 6.07) is 23.3. The van der Waals surface area contributed by atoms with E-state index in [0.29, 0.717) is 17.9 Å². The van der Waals surface area contributed by atoms with Crippen molar-refractivity contribution in [1.29, 1.82) is 0 Å². The van der Waals surface area contributed by atoms with Gasteiger partial charge < -0.3 is 9.30 Å². The Hall–Kier alpha value is -3.07. The molecule has 3 heteroatoms. The first kappa shape index (κ1) is 14.5. The largest absolute Gasteiger partial charge is 0.489 e. The summed E-state index contributed by atoms with van der Waals surface area (Å²) < 4.78 is 7.88. The van der Waals surface area contributed by atoms with Crippen molar-refractivity contribution in [3.63, 3.8) is 0 Å². The fourth-order valence-electron chi connectivity index (χ4n) is 3.12. The topological polar surface area (TPSA) is 31.2 Å². The lowest BCUT2D eigenvalue weighted by molar-refractivity contribution is 0.307. The monoisotopic (exact) mass is 315 g/mol. The Morgan fingerprint density at radius 3 is 2.46 bits per heavy atom. The van der Waals surface area contributed by atoms with Crippen LogP contribution in [0.15, 0.2) is 77.6 Å². The van der Waals surface area contributed by atoms with Crippen LogP contribution in [0.4, 0.5) is 0 Å². The molecule has 1 aromatic heterocycles. The highest BCUT2D eigenvalue weighted by molar-refractivity contribution is 6.07. The second-order valence-electron chi connectivity index (χ2n) is 5.86. The van der Waals surface area contributed by atoms with E-state index < -0.39 is 0 Å². The third-order valence-electron chi connectivity index (χ3n) is 4.31. The summed E-state index contributed by atoms with van der Waals surface area (Å²) in [5.74, 6) is 0.697. The van der Waals surface area contributed by atoms with Gasteiger partial charge in [0.25, 0.3) is 0 Å². The van der Waals surface area contributed by atoms with Crippen molar-refractivity contribution in [2.75, 3.05) is 0 Å². The first-order valence-electron chi connectivity index (χ1n) is 7.92. The Labute approximate surface area is 139 Å². The van der Waals surface area contributed by atoms with Crippen molar-refractivity contribution < 1.29 is 4.74 Å². The van der Waals surface area contributed by atoms with Crippen LogP contribution < -0.4 is 10.2 Å². The number of ether oxygens (including phenoxy) is 1. The Morgan fingerprint density at radius 1 is 0.875 bits per heavy atom. The first-order chi connectivity index (χ1) is 11.7. The molecule has 4 rings (SSSR count). The minimum absolute atomic E-state index is 0.00161. The SMILES string of the molecule is Cn1c2ccccc2c2cc(OCc3ccccc3)ccc(=O)c21. The molecule has 0 aliphatic rings. The molecule has 118 valence electrons. The number of benzene rings is 2. The van der Waals surface area contributed by atoms with Crippen molar-refractivity contribution in [3.05, 3.63) is 88.6 Å². The van der Waals surface area contributed by atoms with Gasteiger partial charge in [0, 0.05) is 23.3 Å². The highest BCUT2D eigenvalue weighted by atomic mass is 16.5. The molecule has 0 aliphatic heterocycles. The van der Waals surface area contributed by atoms with E-state index in [0.717, 1.165) is 21.9 Å². The molecule has 4 aromatic rings. The zero-order chi connectivity index (χ0) is 16.5. The number of hydrogen-bond acceptors (Lipinski definition) is 2. The van der Waals surface area contributed by atoms with E-state index in [1.165, 1.54) is 0 Å². The maximum Gasteiger partial charge on any atom is 0.202 e. The molecule has 0 aliphatic carbocycles. The molecule has 3 nitrogen and oxygen atoms in total. The number of aromatic nitrogens is 1. The molecule has 0 fully saturated rings. The normalized spacial score (nSPS) is 11.0. The van der Waals surface area contributed by atoms with Crippen molar-refractivity contribution in [2.45, 2.75) is 6.61 Å². The number of hydrogen-bond donors (Lipinski definition) is 0. The zero-order valence-corrected chi connectivity index (χ0v) is 13.4. The van der Waals surface area contributed by atoms with Crippen LogP contribution in [0.25, 0.3) is 21.8 Å². The maximum absolute atomic E-state index is 12.5. The molecule has 0 N–H and O–H groups in total. The number of fused-ring (bicyclic) bond motifs is 3. The molecule has 0 amide bonds. The predicted molar refractivity (Wildman–Crippen MR) is 97.5 cm³/mol. The lowest BCUT2D eigenvalue weighted by Crippen LogP contribution is -2.00. The molecule has 0 bridgehead atoms. The lowest BCUT2D eigenvalue weighted by atomic mass is 10.2. The van der Waals surface area contributed by atoms with Crippen LogP contribution in [0.2, 0.25) is 0 Å². The van der Waals surface area contributed by atoms with E-state index >= 15 is 0 Å². The molecule has 0 saturated heterocycles. The highest BCUT2D eigenvalue weighted by Crippen LogP contribution is 2.27. The Morgan fingerprint density at radius 2 is 1.62 bits per heavy atom. The van der Waals surface area contributed by atoms with Gasteiger partial charge in [-0.3, -0.25) is 4.79 Å². The van der Waals surface area contributed by atoms with E-state index in [1.807, 2.05) is 72.3 Å². The standard InChI is InChI=1S/C21H17NO2/c1-22-19-10-6-5-9-17(19)18-13-16(11-12-20(23)21(18)22)24-14-15-7-3-2-4-8-15/h2-13H,14H2,1H3. The van der Waals surface area contributed by atoms with Gasteiger partial charge in [-0.05, 0) is 29.8 Å². The van der Waals surface area contributed by atoms with Crippen LogP contribution in [0.3, 0.4) is 0 Å². The fraction of sp³-hybridized carbons (Fsp3) is 0.0952. The molecular weight excluding hydrogens is 298 g/mol. The summed E-state index contributed by atoms with van der Waals surface area (Å²) in [4.78, 5) is 12.5. The molecule has 0 radical (unpaired) electrons. The molecule has 0 spiro atoms. The Bertz CT molecular complexity index is 1080. The summed E-state index contributed by atoms with van der Waals surface area (Å²) in [5, 5.41) is 1.99. The van der Waals surface area contributed by atoms with Gasteiger partial charge >= 0.3 is 0 Å². The van der Waals surface area contributed by atoms with Crippen molar-refractivity contribution in [1.82, 2.24) is 4.57 Å². The summed E-state index contributed by atoms with van der Waals surface area (Å²) in [7, 11) is 1.93. The average Bonchev–Trinajstić information content (AvgIpc) is 2.79. The van der Waals surface area contributed by atoms with Gasteiger partial charge in [0.1, 0.15) is 12.4 Å². The third-order valence-corrected chi connectivity index (χ3v) is 4.31. The highest BCUT2D eigenvalue weighted by Gasteiger charge is 2.10. The van der Waals surface area contributed by atoms with Crippen LogP contribution in [0.5, 0.6) is 5.75 Å². The van der Waals surface area contributed by atoms with Gasteiger partial charge in [-0.15, -0.1) is 0 Å². The molecule has 0 saturated carbocycles. The fourth-order valence-corrected chi connectivity index (χ4v) is 3.12. The molecule has 1 heterocycles.